The normalized spacial score (nSPS) is 25.4. The van der Waals surface area contributed by atoms with E-state index in [0.717, 1.165) is 43.9 Å². The summed E-state index contributed by atoms with van der Waals surface area (Å²) in [5, 5.41) is 0. The predicted octanol–water partition coefficient (Wildman–Crippen LogP) is -2.09. The van der Waals surface area contributed by atoms with E-state index in [1.165, 1.54) is 0 Å². The Kier molecular flexibility index (Phi) is 8.33. The second-order valence-corrected chi connectivity index (χ2v) is 5.46. The largest absolute Gasteiger partial charge is 1.00 e. The minimum atomic E-state index is 0. The van der Waals surface area contributed by atoms with Crippen LogP contribution in [0.15, 0.2) is 0 Å². The minimum Gasteiger partial charge on any atom is -1.00 e. The predicted molar refractivity (Wildman–Crippen MR) is 63.5 cm³/mol. The van der Waals surface area contributed by atoms with Gasteiger partial charge in [0.05, 0.1) is 41.0 Å². The molecule has 0 bridgehead atoms. The Balaban J connectivity index is 0.000000284. The van der Waals surface area contributed by atoms with Crippen LogP contribution in [-0.2, 0) is 14.2 Å². The first-order chi connectivity index (χ1) is 7.51. The van der Waals surface area contributed by atoms with Crippen LogP contribution in [0.5, 0.6) is 0 Å². The van der Waals surface area contributed by atoms with Crippen LogP contribution in [0.1, 0.15) is 13.3 Å². The minimum absolute atomic E-state index is 0. The van der Waals surface area contributed by atoms with Gasteiger partial charge in [-0.25, -0.2) is 0 Å². The number of hydrogen-bond donors (Lipinski definition) is 0. The third kappa shape index (κ3) is 12.4. The summed E-state index contributed by atoms with van der Waals surface area (Å²) < 4.78 is 16.2. The molecule has 0 spiro atoms. The lowest BCUT2D eigenvalue weighted by molar-refractivity contribution is -0.870. The Labute approximate surface area is 111 Å². The van der Waals surface area contributed by atoms with Crippen molar-refractivity contribution >= 4 is 0 Å². The molecule has 0 aliphatic carbocycles. The molecule has 0 saturated carbocycles. The van der Waals surface area contributed by atoms with Gasteiger partial charge < -0.3 is 31.1 Å². The Morgan fingerprint density at radius 2 is 1.65 bits per heavy atom. The summed E-state index contributed by atoms with van der Waals surface area (Å²) in [5.74, 6) is 0. The third-order valence-electron chi connectivity index (χ3n) is 2.21. The molecule has 0 radical (unpaired) electrons. The zero-order valence-corrected chi connectivity index (χ0v) is 12.2. The monoisotopic (exact) mass is 267 g/mol. The molecule has 5 heteroatoms. The van der Waals surface area contributed by atoms with Gasteiger partial charge in [-0.2, -0.15) is 0 Å². The maximum atomic E-state index is 5.18. The number of rotatable bonds is 6. The van der Waals surface area contributed by atoms with Crippen LogP contribution in [-0.4, -0.2) is 70.8 Å². The molecule has 2 aliphatic heterocycles. The topological polar surface area (TPSA) is 34.3 Å². The van der Waals surface area contributed by atoms with Gasteiger partial charge in [-0.3, -0.25) is 0 Å². The summed E-state index contributed by atoms with van der Waals surface area (Å²) in [7, 11) is 6.55. The average molecular weight is 268 g/mol. The van der Waals surface area contributed by atoms with Crippen LogP contribution < -0.4 is 12.4 Å². The van der Waals surface area contributed by atoms with Crippen molar-refractivity contribution in [1.29, 1.82) is 0 Å². The Morgan fingerprint density at radius 1 is 1.12 bits per heavy atom. The molecule has 0 amide bonds. The molecule has 0 aromatic rings. The molecular formula is C12H26ClNO3. The fraction of sp³-hybridized carbons (Fsp3) is 1.00. The van der Waals surface area contributed by atoms with E-state index in [4.69, 9.17) is 14.2 Å². The van der Waals surface area contributed by atoms with E-state index in [0.29, 0.717) is 12.2 Å². The van der Waals surface area contributed by atoms with E-state index in [-0.39, 0.29) is 12.4 Å². The fourth-order valence-corrected chi connectivity index (χ4v) is 1.31. The summed E-state index contributed by atoms with van der Waals surface area (Å²) in [6.07, 6.45) is 2.10. The van der Waals surface area contributed by atoms with Gasteiger partial charge in [0.25, 0.3) is 0 Å². The van der Waals surface area contributed by atoms with E-state index in [9.17, 15) is 0 Å². The lowest BCUT2D eigenvalue weighted by Gasteiger charge is -2.22. The van der Waals surface area contributed by atoms with Crippen molar-refractivity contribution in [2.45, 2.75) is 25.6 Å². The smallest absolute Gasteiger partial charge is 0.130 e. The molecule has 2 aliphatic rings. The van der Waals surface area contributed by atoms with Crippen LogP contribution in [0, 0.1) is 0 Å². The highest BCUT2D eigenvalue weighted by molar-refractivity contribution is 4.67. The highest BCUT2D eigenvalue weighted by atomic mass is 35.5. The first-order valence-electron chi connectivity index (χ1n) is 6.12. The van der Waals surface area contributed by atoms with Crippen molar-refractivity contribution in [3.8, 4) is 0 Å². The van der Waals surface area contributed by atoms with Crippen molar-refractivity contribution < 1.29 is 31.1 Å². The van der Waals surface area contributed by atoms with Crippen molar-refractivity contribution in [2.24, 2.45) is 0 Å². The maximum absolute atomic E-state index is 5.18. The van der Waals surface area contributed by atoms with Crippen molar-refractivity contribution in [2.75, 3.05) is 54.1 Å². The Bertz CT molecular complexity index is 189. The molecular weight excluding hydrogens is 242 g/mol. The number of halogens is 1. The highest BCUT2D eigenvalue weighted by Gasteiger charge is 2.28. The molecule has 0 aromatic heterocycles. The van der Waals surface area contributed by atoms with E-state index in [1.54, 1.807) is 0 Å². The van der Waals surface area contributed by atoms with E-state index in [2.05, 4.69) is 28.1 Å². The molecule has 2 heterocycles. The van der Waals surface area contributed by atoms with Gasteiger partial charge in [0.1, 0.15) is 18.8 Å². The number of quaternary nitrogens is 1. The molecule has 2 fully saturated rings. The number of hydrogen-bond acceptors (Lipinski definition) is 3. The van der Waals surface area contributed by atoms with Crippen molar-refractivity contribution in [1.82, 2.24) is 0 Å². The Morgan fingerprint density at radius 3 is 1.94 bits per heavy atom. The van der Waals surface area contributed by atoms with Crippen LogP contribution in [0.25, 0.3) is 0 Å². The van der Waals surface area contributed by atoms with Crippen LogP contribution >= 0.6 is 0 Å². The molecule has 0 aromatic carbocycles. The van der Waals surface area contributed by atoms with Crippen LogP contribution in [0.2, 0.25) is 0 Å². The Hall–Kier alpha value is 0.130. The van der Waals surface area contributed by atoms with E-state index >= 15 is 0 Å². The lowest BCUT2D eigenvalue weighted by Crippen LogP contribution is -3.00. The fourth-order valence-electron chi connectivity index (χ4n) is 1.31. The summed E-state index contributed by atoms with van der Waals surface area (Å²) in [4.78, 5) is 0. The number of ether oxygens (including phenoxy) is 3. The molecule has 2 unspecified atom stereocenters. The molecule has 17 heavy (non-hydrogen) atoms. The maximum Gasteiger partial charge on any atom is 0.130 e. The second kappa shape index (κ2) is 8.27. The summed E-state index contributed by atoms with van der Waals surface area (Å²) >= 11 is 0. The highest BCUT2D eigenvalue weighted by Crippen LogP contribution is 2.11. The molecule has 2 atom stereocenters. The summed E-state index contributed by atoms with van der Waals surface area (Å²) in [6.45, 7) is 6.82. The van der Waals surface area contributed by atoms with Gasteiger partial charge in [0.15, 0.2) is 0 Å². The zero-order valence-electron chi connectivity index (χ0n) is 11.4. The molecule has 0 N–H and O–H groups in total. The van der Waals surface area contributed by atoms with Gasteiger partial charge in [-0.1, -0.05) is 6.92 Å². The molecule has 2 rings (SSSR count). The lowest BCUT2D eigenvalue weighted by atomic mass is 10.4. The van der Waals surface area contributed by atoms with Gasteiger partial charge in [0.2, 0.25) is 0 Å². The van der Waals surface area contributed by atoms with Gasteiger partial charge >= 0.3 is 0 Å². The van der Waals surface area contributed by atoms with Gasteiger partial charge in [-0.15, -0.1) is 0 Å². The molecule has 2 saturated heterocycles. The molecule has 104 valence electrons. The third-order valence-corrected chi connectivity index (χ3v) is 2.21. The number of likely N-dealkylation sites (N-methyl/N-ethyl adjacent to an activating group) is 1. The second-order valence-electron chi connectivity index (χ2n) is 5.46. The quantitative estimate of drug-likeness (QED) is 0.314. The van der Waals surface area contributed by atoms with Gasteiger partial charge in [0, 0.05) is 6.61 Å². The number of epoxide rings is 2. The number of nitrogens with zero attached hydrogens (tertiary/aromatic N) is 1. The first-order valence-corrected chi connectivity index (χ1v) is 6.12. The van der Waals surface area contributed by atoms with Crippen LogP contribution in [0.3, 0.4) is 0 Å². The standard InChI is InChI=1S/C6H14NO.C6H12O2.ClH/c1-7(2,3)4-6-5-8-6;1-2-3-7-4-6-5-8-6;/h6H,4-5H2,1-3H3;6H,2-5H2,1H3;1H/q+1;;/p-1. The van der Waals surface area contributed by atoms with Crippen LogP contribution in [0.4, 0.5) is 0 Å². The van der Waals surface area contributed by atoms with Crippen molar-refractivity contribution in [3.63, 3.8) is 0 Å². The zero-order chi connectivity index (χ0) is 12.0. The molecule has 4 nitrogen and oxygen atoms in total. The van der Waals surface area contributed by atoms with E-state index < -0.39 is 0 Å². The SMILES string of the molecule is CCCOCC1CO1.C[N+](C)(C)CC1CO1.[Cl-]. The summed E-state index contributed by atoms with van der Waals surface area (Å²) in [6, 6.07) is 0. The van der Waals surface area contributed by atoms with Gasteiger partial charge in [-0.05, 0) is 6.42 Å². The van der Waals surface area contributed by atoms with Crippen molar-refractivity contribution in [3.05, 3.63) is 0 Å². The summed E-state index contributed by atoms with van der Waals surface area (Å²) in [5.41, 5.74) is 0. The van der Waals surface area contributed by atoms with E-state index in [1.807, 2.05) is 0 Å². The first kappa shape index (κ1) is 17.1. The average Bonchev–Trinajstić information content (AvgIpc) is 2.97.